The minimum atomic E-state index is -0.0606. The first-order chi connectivity index (χ1) is 13.2. The minimum Gasteiger partial charge on any atom is -0.395 e. The lowest BCUT2D eigenvalue weighted by Crippen LogP contribution is -2.26. The summed E-state index contributed by atoms with van der Waals surface area (Å²) in [7, 11) is 1.80. The van der Waals surface area contributed by atoms with Crippen molar-refractivity contribution in [2.45, 2.75) is 13.1 Å². The SMILES string of the molecule is CN(Cc1cccc2ncccc12)C(=O)c1ccc2c(c1)ncn2CCO. The van der Waals surface area contributed by atoms with Crippen LogP contribution in [0.2, 0.25) is 0 Å². The van der Waals surface area contributed by atoms with Gasteiger partial charge in [0.05, 0.1) is 29.5 Å². The van der Waals surface area contributed by atoms with Crippen LogP contribution < -0.4 is 0 Å². The zero-order chi connectivity index (χ0) is 18.8. The molecule has 1 amide bonds. The quantitative estimate of drug-likeness (QED) is 0.594. The van der Waals surface area contributed by atoms with Crippen LogP contribution >= 0.6 is 0 Å². The predicted molar refractivity (Wildman–Crippen MR) is 104 cm³/mol. The zero-order valence-electron chi connectivity index (χ0n) is 15.0. The molecular formula is C21H20N4O2. The third kappa shape index (κ3) is 3.27. The molecule has 2 heterocycles. The van der Waals surface area contributed by atoms with Gasteiger partial charge in [-0.3, -0.25) is 9.78 Å². The summed E-state index contributed by atoms with van der Waals surface area (Å²) in [6.07, 6.45) is 3.45. The first-order valence-electron chi connectivity index (χ1n) is 8.81. The maximum atomic E-state index is 12.9. The van der Waals surface area contributed by atoms with Gasteiger partial charge in [-0.15, -0.1) is 0 Å². The van der Waals surface area contributed by atoms with Gasteiger partial charge in [0.2, 0.25) is 0 Å². The second-order valence-electron chi connectivity index (χ2n) is 6.51. The fourth-order valence-corrected chi connectivity index (χ4v) is 3.34. The monoisotopic (exact) mass is 360 g/mol. The Morgan fingerprint density at radius 3 is 2.85 bits per heavy atom. The van der Waals surface area contributed by atoms with E-state index in [4.69, 9.17) is 5.11 Å². The Morgan fingerprint density at radius 2 is 2.00 bits per heavy atom. The highest BCUT2D eigenvalue weighted by molar-refractivity contribution is 5.97. The number of hydrogen-bond acceptors (Lipinski definition) is 4. The standard InChI is InChI=1S/C21H20N4O2/c1-24(13-16-4-2-6-18-17(16)5-3-9-22-18)21(27)15-7-8-20-19(12-15)23-14-25(20)10-11-26/h2-9,12,14,26H,10-11,13H2,1H3. The normalized spacial score (nSPS) is 11.2. The maximum Gasteiger partial charge on any atom is 0.253 e. The zero-order valence-corrected chi connectivity index (χ0v) is 15.0. The van der Waals surface area contributed by atoms with E-state index in [9.17, 15) is 4.79 Å². The van der Waals surface area contributed by atoms with Crippen molar-refractivity contribution < 1.29 is 9.90 Å². The van der Waals surface area contributed by atoms with Crippen LogP contribution in [-0.4, -0.2) is 44.1 Å². The summed E-state index contributed by atoms with van der Waals surface area (Å²) < 4.78 is 1.87. The second-order valence-corrected chi connectivity index (χ2v) is 6.51. The number of rotatable bonds is 5. The molecule has 2 aromatic carbocycles. The van der Waals surface area contributed by atoms with Gasteiger partial charge >= 0.3 is 0 Å². The molecule has 2 aromatic heterocycles. The molecular weight excluding hydrogens is 340 g/mol. The Bertz CT molecular complexity index is 1110. The van der Waals surface area contributed by atoms with Gasteiger partial charge in [-0.2, -0.15) is 0 Å². The van der Waals surface area contributed by atoms with Crippen LogP contribution in [0, 0.1) is 0 Å². The summed E-state index contributed by atoms with van der Waals surface area (Å²) in [5.41, 5.74) is 4.23. The molecule has 0 unspecified atom stereocenters. The fourth-order valence-electron chi connectivity index (χ4n) is 3.34. The molecule has 4 aromatic rings. The van der Waals surface area contributed by atoms with E-state index < -0.39 is 0 Å². The summed E-state index contributed by atoms with van der Waals surface area (Å²) in [5, 5.41) is 10.2. The number of carbonyl (C=O) groups is 1. The van der Waals surface area contributed by atoms with Crippen molar-refractivity contribution in [3.8, 4) is 0 Å². The van der Waals surface area contributed by atoms with Gasteiger partial charge in [0.15, 0.2) is 0 Å². The van der Waals surface area contributed by atoms with Crippen molar-refractivity contribution >= 4 is 27.8 Å². The van der Waals surface area contributed by atoms with Gasteiger partial charge in [0.1, 0.15) is 0 Å². The highest BCUT2D eigenvalue weighted by Gasteiger charge is 2.15. The van der Waals surface area contributed by atoms with E-state index in [-0.39, 0.29) is 12.5 Å². The average Bonchev–Trinajstić information content (AvgIpc) is 3.10. The summed E-state index contributed by atoms with van der Waals surface area (Å²) >= 11 is 0. The molecule has 0 spiro atoms. The molecule has 1 N–H and O–H groups in total. The van der Waals surface area contributed by atoms with E-state index in [0.717, 1.165) is 27.5 Å². The number of pyridine rings is 1. The summed E-state index contributed by atoms with van der Waals surface area (Å²) in [4.78, 5) is 23.3. The lowest BCUT2D eigenvalue weighted by Gasteiger charge is -2.18. The molecule has 136 valence electrons. The number of fused-ring (bicyclic) bond motifs is 2. The number of aliphatic hydroxyl groups is 1. The summed E-state index contributed by atoms with van der Waals surface area (Å²) in [6, 6.07) is 15.4. The highest BCUT2D eigenvalue weighted by atomic mass is 16.3. The van der Waals surface area contributed by atoms with Crippen molar-refractivity contribution in [3.05, 3.63) is 72.2 Å². The number of aliphatic hydroxyl groups excluding tert-OH is 1. The number of aromatic nitrogens is 3. The Labute approximate surface area is 156 Å². The Kier molecular flexibility index (Phi) is 4.56. The van der Waals surface area contributed by atoms with Crippen molar-refractivity contribution in [3.63, 3.8) is 0 Å². The Morgan fingerprint density at radius 1 is 1.11 bits per heavy atom. The van der Waals surface area contributed by atoms with Crippen LogP contribution in [0.1, 0.15) is 15.9 Å². The molecule has 0 aliphatic rings. The number of imidazole rings is 1. The first-order valence-corrected chi connectivity index (χ1v) is 8.81. The van der Waals surface area contributed by atoms with Gasteiger partial charge in [-0.25, -0.2) is 4.98 Å². The summed E-state index contributed by atoms with van der Waals surface area (Å²) in [6.45, 7) is 1.03. The van der Waals surface area contributed by atoms with Crippen LogP contribution in [0.25, 0.3) is 21.9 Å². The van der Waals surface area contributed by atoms with Crippen LogP contribution in [0.5, 0.6) is 0 Å². The van der Waals surface area contributed by atoms with E-state index in [0.29, 0.717) is 18.7 Å². The molecule has 0 saturated carbocycles. The highest BCUT2D eigenvalue weighted by Crippen LogP contribution is 2.20. The molecule has 0 aliphatic carbocycles. The van der Waals surface area contributed by atoms with Crippen LogP contribution in [0.15, 0.2) is 61.1 Å². The maximum absolute atomic E-state index is 12.9. The lowest BCUT2D eigenvalue weighted by molar-refractivity contribution is 0.0786. The number of amides is 1. The van der Waals surface area contributed by atoms with E-state index >= 15 is 0 Å². The van der Waals surface area contributed by atoms with Crippen molar-refractivity contribution in [1.29, 1.82) is 0 Å². The van der Waals surface area contributed by atoms with Crippen molar-refractivity contribution in [1.82, 2.24) is 19.4 Å². The Balaban J connectivity index is 1.59. The third-order valence-electron chi connectivity index (χ3n) is 4.70. The van der Waals surface area contributed by atoms with Crippen LogP contribution in [0.4, 0.5) is 0 Å². The summed E-state index contributed by atoms with van der Waals surface area (Å²) in [5.74, 6) is -0.0606. The molecule has 6 heteroatoms. The predicted octanol–water partition coefficient (Wildman–Crippen LogP) is 2.85. The van der Waals surface area contributed by atoms with E-state index in [2.05, 4.69) is 9.97 Å². The van der Waals surface area contributed by atoms with Crippen molar-refractivity contribution in [2.24, 2.45) is 0 Å². The largest absolute Gasteiger partial charge is 0.395 e. The molecule has 0 fully saturated rings. The third-order valence-corrected chi connectivity index (χ3v) is 4.70. The van der Waals surface area contributed by atoms with Gasteiger partial charge < -0.3 is 14.6 Å². The molecule has 4 rings (SSSR count). The van der Waals surface area contributed by atoms with Crippen molar-refractivity contribution in [2.75, 3.05) is 13.7 Å². The molecule has 27 heavy (non-hydrogen) atoms. The molecule has 0 atom stereocenters. The Hall–Kier alpha value is -3.25. The number of benzene rings is 2. The smallest absolute Gasteiger partial charge is 0.253 e. The second kappa shape index (κ2) is 7.17. The number of carbonyl (C=O) groups excluding carboxylic acids is 1. The molecule has 0 saturated heterocycles. The fraction of sp³-hybridized carbons (Fsp3) is 0.190. The first kappa shape index (κ1) is 17.2. The molecule has 0 radical (unpaired) electrons. The van der Waals surface area contributed by atoms with Gasteiger partial charge in [0, 0.05) is 37.3 Å². The van der Waals surface area contributed by atoms with E-state index in [1.807, 2.05) is 41.0 Å². The molecule has 0 bridgehead atoms. The topological polar surface area (TPSA) is 71.2 Å². The van der Waals surface area contributed by atoms with E-state index in [1.54, 1.807) is 36.6 Å². The number of hydrogen-bond donors (Lipinski definition) is 1. The van der Waals surface area contributed by atoms with E-state index in [1.165, 1.54) is 0 Å². The van der Waals surface area contributed by atoms with Crippen LogP contribution in [0.3, 0.4) is 0 Å². The van der Waals surface area contributed by atoms with Gasteiger partial charge in [-0.05, 0) is 35.9 Å². The van der Waals surface area contributed by atoms with Crippen LogP contribution in [-0.2, 0) is 13.1 Å². The van der Waals surface area contributed by atoms with Gasteiger partial charge in [0.25, 0.3) is 5.91 Å². The minimum absolute atomic E-state index is 0.0504. The average molecular weight is 360 g/mol. The molecule has 0 aliphatic heterocycles. The molecule has 6 nitrogen and oxygen atoms in total. The lowest BCUT2D eigenvalue weighted by atomic mass is 10.1. The number of nitrogens with zero attached hydrogens (tertiary/aromatic N) is 4. The van der Waals surface area contributed by atoms with Gasteiger partial charge in [-0.1, -0.05) is 18.2 Å².